The highest BCUT2D eigenvalue weighted by molar-refractivity contribution is 6.48. The summed E-state index contributed by atoms with van der Waals surface area (Å²) in [6, 6.07) is 0. The second kappa shape index (κ2) is 4.70. The third-order valence-electron chi connectivity index (χ3n) is 2.79. The molecule has 2 atom stereocenters. The minimum atomic E-state index is -1.17. The van der Waals surface area contributed by atoms with E-state index in [0.29, 0.717) is 0 Å². The number of carbonyl (C=O) groups is 4. The Bertz CT molecular complexity index is 539. The van der Waals surface area contributed by atoms with E-state index in [1.54, 1.807) is 0 Å². The first-order valence-corrected chi connectivity index (χ1v) is 5.48. The van der Waals surface area contributed by atoms with Crippen molar-refractivity contribution >= 4 is 23.1 Å². The largest absolute Gasteiger partial charge is 0.350 e. The van der Waals surface area contributed by atoms with Gasteiger partial charge in [0.15, 0.2) is 0 Å². The van der Waals surface area contributed by atoms with Gasteiger partial charge < -0.3 is 4.74 Å². The first kappa shape index (κ1) is 13.0. The van der Waals surface area contributed by atoms with Crippen LogP contribution in [-0.2, 0) is 23.9 Å². The number of Topliss-reactive ketones (excluding diaryl/α,β-unsaturated/α-hetero) is 4. The molecule has 0 aliphatic heterocycles. The van der Waals surface area contributed by atoms with Gasteiger partial charge in [-0.15, -0.1) is 0 Å². The molecule has 0 N–H and O–H groups in total. The molecule has 5 nitrogen and oxygen atoms in total. The summed E-state index contributed by atoms with van der Waals surface area (Å²) >= 11 is 0. The summed E-state index contributed by atoms with van der Waals surface area (Å²) in [7, 11) is 0. The summed E-state index contributed by atoms with van der Waals surface area (Å²) in [6.45, 7) is 6.81. The van der Waals surface area contributed by atoms with Crippen molar-refractivity contribution in [1.82, 2.24) is 0 Å². The minimum absolute atomic E-state index is 0.0693. The molecule has 0 radical (unpaired) electrons. The number of hydrogen-bond acceptors (Lipinski definition) is 5. The second-order valence-electron chi connectivity index (χ2n) is 4.13. The van der Waals surface area contributed by atoms with Gasteiger partial charge in [0.25, 0.3) is 0 Å². The van der Waals surface area contributed by atoms with Crippen molar-refractivity contribution in [3.05, 3.63) is 48.6 Å². The zero-order chi connectivity index (χ0) is 14.2. The van der Waals surface area contributed by atoms with Crippen LogP contribution in [0.15, 0.2) is 48.6 Å². The Morgan fingerprint density at radius 3 is 1.53 bits per heavy atom. The monoisotopic (exact) mass is 258 g/mol. The smallest absolute Gasteiger partial charge is 0.235 e. The van der Waals surface area contributed by atoms with Gasteiger partial charge in [0.05, 0.1) is 0 Å². The first-order valence-electron chi connectivity index (χ1n) is 5.48. The van der Waals surface area contributed by atoms with Gasteiger partial charge in [0, 0.05) is 11.1 Å². The molecule has 5 heteroatoms. The van der Waals surface area contributed by atoms with Crippen LogP contribution in [0.3, 0.4) is 0 Å². The van der Waals surface area contributed by atoms with E-state index in [1.807, 2.05) is 0 Å². The van der Waals surface area contributed by atoms with E-state index in [9.17, 15) is 19.2 Å². The topological polar surface area (TPSA) is 77.5 Å². The van der Waals surface area contributed by atoms with Gasteiger partial charge in [-0.25, -0.2) is 0 Å². The molecule has 2 rings (SSSR count). The average molecular weight is 258 g/mol. The number of ether oxygens (including phenoxy) is 1. The van der Waals surface area contributed by atoms with Crippen molar-refractivity contribution in [1.29, 1.82) is 0 Å². The number of allylic oxidation sites excluding steroid dienone is 4. The number of ketones is 4. The molecule has 2 unspecified atom stereocenters. The summed E-state index contributed by atoms with van der Waals surface area (Å²) in [6.07, 6.45) is 3.03. The van der Waals surface area contributed by atoms with E-state index >= 15 is 0 Å². The van der Waals surface area contributed by atoms with Crippen molar-refractivity contribution in [2.24, 2.45) is 0 Å². The highest BCUT2D eigenvalue weighted by Gasteiger charge is 2.35. The van der Waals surface area contributed by atoms with E-state index in [4.69, 9.17) is 4.74 Å². The lowest BCUT2D eigenvalue weighted by Gasteiger charge is -2.22. The van der Waals surface area contributed by atoms with Gasteiger partial charge >= 0.3 is 0 Å². The molecule has 0 aromatic rings. The maximum atomic E-state index is 11.6. The molecule has 2 aliphatic carbocycles. The van der Waals surface area contributed by atoms with Crippen molar-refractivity contribution < 1.29 is 23.9 Å². The first-order chi connectivity index (χ1) is 8.91. The van der Waals surface area contributed by atoms with Crippen LogP contribution in [0.1, 0.15) is 0 Å². The van der Waals surface area contributed by atoms with Gasteiger partial charge in [-0.1, -0.05) is 25.3 Å². The predicted octanol–water partition coefficient (Wildman–Crippen LogP) is 0.269. The molecule has 0 aromatic heterocycles. The van der Waals surface area contributed by atoms with Crippen molar-refractivity contribution in [2.75, 3.05) is 0 Å². The molecule has 0 amide bonds. The molecule has 0 saturated heterocycles. The van der Waals surface area contributed by atoms with Crippen LogP contribution in [0.5, 0.6) is 0 Å². The molecule has 19 heavy (non-hydrogen) atoms. The van der Waals surface area contributed by atoms with Crippen molar-refractivity contribution in [3.8, 4) is 0 Å². The molecular weight excluding hydrogens is 248 g/mol. The number of carbonyl (C=O) groups excluding carboxylic acids is 4. The fourth-order valence-corrected chi connectivity index (χ4v) is 1.68. The molecule has 0 saturated carbocycles. The highest BCUT2D eigenvalue weighted by atomic mass is 16.5. The van der Waals surface area contributed by atoms with Gasteiger partial charge in [-0.3, -0.25) is 19.2 Å². The third kappa shape index (κ3) is 2.28. The SMILES string of the molecule is C=C1C=CC(OC2C=CC(=C)C(=O)C2=O)C(=O)C1=O. The quantitative estimate of drug-likeness (QED) is 0.524. The Labute approximate surface area is 108 Å². The Balaban J connectivity index is 2.19. The standard InChI is InChI=1S/C14H10O5/c1-7-3-5-9(13(17)11(7)15)19-10-6-4-8(2)12(16)14(10)18/h3-6,9-10H,1-2H2. The van der Waals surface area contributed by atoms with Gasteiger partial charge in [-0.05, 0) is 12.2 Å². The lowest BCUT2D eigenvalue weighted by atomic mass is 9.96. The Kier molecular flexibility index (Phi) is 3.23. The fourth-order valence-electron chi connectivity index (χ4n) is 1.68. The van der Waals surface area contributed by atoms with Crippen LogP contribution < -0.4 is 0 Å². The summed E-state index contributed by atoms with van der Waals surface area (Å²) in [4.78, 5) is 46.1. The minimum Gasteiger partial charge on any atom is -0.350 e. The van der Waals surface area contributed by atoms with Gasteiger partial charge in [0.2, 0.25) is 23.1 Å². The third-order valence-corrected chi connectivity index (χ3v) is 2.79. The number of hydrogen-bond donors (Lipinski definition) is 0. The molecule has 0 spiro atoms. The summed E-state index contributed by atoms with van der Waals surface area (Å²) in [5.41, 5.74) is 0.139. The second-order valence-corrected chi connectivity index (χ2v) is 4.13. The zero-order valence-corrected chi connectivity index (χ0v) is 9.92. The average Bonchev–Trinajstić information content (AvgIpc) is 2.39. The van der Waals surface area contributed by atoms with E-state index in [-0.39, 0.29) is 11.1 Å². The van der Waals surface area contributed by atoms with Crippen molar-refractivity contribution in [2.45, 2.75) is 12.2 Å². The summed E-state index contributed by atoms with van der Waals surface area (Å²) in [5, 5.41) is 0. The molecule has 0 aromatic carbocycles. The Morgan fingerprint density at radius 1 is 0.789 bits per heavy atom. The molecule has 0 fully saturated rings. The maximum Gasteiger partial charge on any atom is 0.235 e. The number of rotatable bonds is 2. The highest BCUT2D eigenvalue weighted by Crippen LogP contribution is 2.17. The van der Waals surface area contributed by atoms with Crippen LogP contribution in [0.25, 0.3) is 0 Å². The molecule has 96 valence electrons. The molecular formula is C14H10O5. The van der Waals surface area contributed by atoms with E-state index in [0.717, 1.165) is 0 Å². The van der Waals surface area contributed by atoms with Crippen LogP contribution in [0, 0.1) is 0 Å². The maximum absolute atomic E-state index is 11.6. The van der Waals surface area contributed by atoms with E-state index in [1.165, 1.54) is 24.3 Å². The van der Waals surface area contributed by atoms with E-state index in [2.05, 4.69) is 13.2 Å². The molecule has 0 heterocycles. The normalized spacial score (nSPS) is 27.4. The lowest BCUT2D eigenvalue weighted by Crippen LogP contribution is -2.41. The van der Waals surface area contributed by atoms with Gasteiger partial charge in [-0.2, -0.15) is 0 Å². The lowest BCUT2D eigenvalue weighted by molar-refractivity contribution is -0.147. The Hall–Kier alpha value is -2.40. The fraction of sp³-hybridized carbons (Fsp3) is 0.143. The Morgan fingerprint density at radius 2 is 1.16 bits per heavy atom. The van der Waals surface area contributed by atoms with Crippen molar-refractivity contribution in [3.63, 3.8) is 0 Å². The van der Waals surface area contributed by atoms with E-state index < -0.39 is 35.3 Å². The summed E-state index contributed by atoms with van der Waals surface area (Å²) in [5.74, 6) is -3.11. The van der Waals surface area contributed by atoms with Crippen LogP contribution in [0.4, 0.5) is 0 Å². The van der Waals surface area contributed by atoms with Crippen LogP contribution >= 0.6 is 0 Å². The molecule has 2 aliphatic rings. The molecule has 0 bridgehead atoms. The summed E-state index contributed by atoms with van der Waals surface area (Å²) < 4.78 is 5.20. The van der Waals surface area contributed by atoms with Gasteiger partial charge in [0.1, 0.15) is 12.2 Å². The van der Waals surface area contributed by atoms with Crippen LogP contribution in [-0.4, -0.2) is 35.3 Å². The zero-order valence-electron chi connectivity index (χ0n) is 9.92. The predicted molar refractivity (Wildman–Crippen MR) is 65.2 cm³/mol. The van der Waals surface area contributed by atoms with Crippen LogP contribution in [0.2, 0.25) is 0 Å².